The van der Waals surface area contributed by atoms with Crippen LogP contribution >= 0.6 is 15.9 Å². The molecule has 1 saturated heterocycles. The topological polar surface area (TPSA) is 58.4 Å². The molecule has 1 amide bonds. The minimum Gasteiger partial charge on any atom is -0.366 e. The molecule has 2 fully saturated rings. The zero-order valence-electron chi connectivity index (χ0n) is 12.8. The van der Waals surface area contributed by atoms with Crippen LogP contribution in [-0.4, -0.2) is 46.8 Å². The summed E-state index contributed by atoms with van der Waals surface area (Å²) in [5.74, 6) is 0.558. The number of rotatable bonds is 2. The maximum Gasteiger partial charge on any atom is 0.282 e. The Balaban J connectivity index is 1.65. The molecule has 120 valence electrons. The van der Waals surface area contributed by atoms with Crippen LogP contribution < -0.4 is 10.5 Å². The SMILES string of the molecule is Cn1ncc(N2CCN(C(=O)C3CCCC3)CC2)c(Br)c1=O. The lowest BCUT2D eigenvalue weighted by Crippen LogP contribution is -2.50. The standard InChI is InChI=1S/C15H21BrN4O2/c1-18-15(22)13(16)12(10-17-18)19-6-8-20(9-7-19)14(21)11-4-2-3-5-11/h10-11H,2-9H2,1H3. The van der Waals surface area contributed by atoms with Crippen LogP contribution in [0.25, 0.3) is 0 Å². The van der Waals surface area contributed by atoms with Crippen LogP contribution in [0.4, 0.5) is 5.69 Å². The predicted molar refractivity (Wildman–Crippen MR) is 87.9 cm³/mol. The van der Waals surface area contributed by atoms with Gasteiger partial charge >= 0.3 is 0 Å². The van der Waals surface area contributed by atoms with Gasteiger partial charge in [-0.3, -0.25) is 9.59 Å². The van der Waals surface area contributed by atoms with Crippen molar-refractivity contribution in [1.29, 1.82) is 0 Å². The fraction of sp³-hybridized carbons (Fsp3) is 0.667. The maximum absolute atomic E-state index is 12.4. The number of aromatic nitrogens is 2. The van der Waals surface area contributed by atoms with Crippen molar-refractivity contribution >= 4 is 27.5 Å². The van der Waals surface area contributed by atoms with Crippen LogP contribution in [0.3, 0.4) is 0 Å². The summed E-state index contributed by atoms with van der Waals surface area (Å²) in [4.78, 5) is 28.5. The highest BCUT2D eigenvalue weighted by Gasteiger charge is 2.30. The first-order valence-electron chi connectivity index (χ1n) is 7.83. The van der Waals surface area contributed by atoms with Gasteiger partial charge in [-0.15, -0.1) is 0 Å². The Morgan fingerprint density at radius 2 is 1.86 bits per heavy atom. The number of piperazine rings is 1. The number of carbonyl (C=O) groups excluding carboxylic acids is 1. The summed E-state index contributed by atoms with van der Waals surface area (Å²) in [6.45, 7) is 2.92. The molecule has 2 aliphatic rings. The normalized spacial score (nSPS) is 19.7. The molecule has 6 nitrogen and oxygen atoms in total. The average Bonchev–Trinajstić information content (AvgIpc) is 3.07. The Kier molecular flexibility index (Phi) is 4.52. The Bertz CT molecular complexity index is 616. The fourth-order valence-electron chi connectivity index (χ4n) is 3.32. The highest BCUT2D eigenvalue weighted by atomic mass is 79.9. The van der Waals surface area contributed by atoms with Crippen LogP contribution in [0.1, 0.15) is 25.7 Å². The highest BCUT2D eigenvalue weighted by Crippen LogP contribution is 2.28. The number of nitrogens with zero attached hydrogens (tertiary/aromatic N) is 4. The second-order valence-electron chi connectivity index (χ2n) is 6.07. The average molecular weight is 369 g/mol. The maximum atomic E-state index is 12.4. The van der Waals surface area contributed by atoms with Gasteiger partial charge in [-0.05, 0) is 28.8 Å². The van der Waals surface area contributed by atoms with Crippen LogP contribution in [0.15, 0.2) is 15.5 Å². The van der Waals surface area contributed by atoms with Gasteiger partial charge in [-0.2, -0.15) is 5.10 Å². The monoisotopic (exact) mass is 368 g/mol. The van der Waals surface area contributed by atoms with E-state index in [9.17, 15) is 9.59 Å². The molecule has 7 heteroatoms. The molecule has 1 aliphatic heterocycles. The van der Waals surface area contributed by atoms with E-state index in [-0.39, 0.29) is 11.5 Å². The summed E-state index contributed by atoms with van der Waals surface area (Å²) in [5, 5.41) is 4.08. The van der Waals surface area contributed by atoms with Crippen molar-refractivity contribution in [3.05, 3.63) is 21.0 Å². The third-order valence-electron chi connectivity index (χ3n) is 4.70. The van der Waals surface area contributed by atoms with Gasteiger partial charge in [0.1, 0.15) is 4.47 Å². The zero-order valence-corrected chi connectivity index (χ0v) is 14.4. The van der Waals surface area contributed by atoms with Gasteiger partial charge in [-0.25, -0.2) is 4.68 Å². The largest absolute Gasteiger partial charge is 0.366 e. The van der Waals surface area contributed by atoms with E-state index < -0.39 is 0 Å². The van der Waals surface area contributed by atoms with Crippen molar-refractivity contribution in [2.24, 2.45) is 13.0 Å². The Labute approximate surface area is 138 Å². The quantitative estimate of drug-likeness (QED) is 0.791. The lowest BCUT2D eigenvalue weighted by atomic mass is 10.1. The summed E-state index contributed by atoms with van der Waals surface area (Å²) >= 11 is 3.37. The van der Waals surface area contributed by atoms with Crippen LogP contribution in [0, 0.1) is 5.92 Å². The molecule has 0 spiro atoms. The van der Waals surface area contributed by atoms with Crippen molar-refractivity contribution in [3.63, 3.8) is 0 Å². The molecule has 0 aromatic carbocycles. The van der Waals surface area contributed by atoms with E-state index in [0.29, 0.717) is 10.4 Å². The minimum atomic E-state index is -0.137. The molecule has 0 unspecified atom stereocenters. The molecule has 3 rings (SSSR count). The number of halogens is 1. The zero-order chi connectivity index (χ0) is 15.7. The fourth-order valence-corrected chi connectivity index (χ4v) is 3.93. The number of hydrogen-bond acceptors (Lipinski definition) is 4. The van der Waals surface area contributed by atoms with Crippen molar-refractivity contribution < 1.29 is 4.79 Å². The van der Waals surface area contributed by atoms with Gasteiger partial charge in [-0.1, -0.05) is 12.8 Å². The van der Waals surface area contributed by atoms with E-state index in [1.807, 2.05) is 4.90 Å². The first-order valence-corrected chi connectivity index (χ1v) is 8.63. The first-order chi connectivity index (χ1) is 10.6. The van der Waals surface area contributed by atoms with E-state index in [1.165, 1.54) is 17.5 Å². The number of anilines is 1. The summed E-state index contributed by atoms with van der Waals surface area (Å²) in [5.41, 5.74) is 0.679. The van der Waals surface area contributed by atoms with Gasteiger partial charge in [0.25, 0.3) is 5.56 Å². The Hall–Kier alpha value is -1.37. The summed E-state index contributed by atoms with van der Waals surface area (Å²) in [6, 6.07) is 0. The lowest BCUT2D eigenvalue weighted by molar-refractivity contribution is -0.135. The molecule has 1 aromatic rings. The van der Waals surface area contributed by atoms with Gasteiger partial charge in [0.05, 0.1) is 11.9 Å². The predicted octanol–water partition coefficient (Wildman–Crippen LogP) is 1.38. The minimum absolute atomic E-state index is 0.137. The molecule has 22 heavy (non-hydrogen) atoms. The highest BCUT2D eigenvalue weighted by molar-refractivity contribution is 9.10. The van der Waals surface area contributed by atoms with Crippen LogP contribution in [-0.2, 0) is 11.8 Å². The van der Waals surface area contributed by atoms with E-state index in [2.05, 4.69) is 25.9 Å². The Morgan fingerprint density at radius 1 is 1.23 bits per heavy atom. The Morgan fingerprint density at radius 3 is 2.50 bits per heavy atom. The molecule has 0 atom stereocenters. The molecule has 2 heterocycles. The van der Waals surface area contributed by atoms with Gasteiger partial charge in [0.2, 0.25) is 5.91 Å². The van der Waals surface area contributed by atoms with Gasteiger partial charge in [0.15, 0.2) is 0 Å². The van der Waals surface area contributed by atoms with Crippen molar-refractivity contribution in [2.75, 3.05) is 31.1 Å². The van der Waals surface area contributed by atoms with Crippen molar-refractivity contribution in [1.82, 2.24) is 14.7 Å². The summed E-state index contributed by atoms with van der Waals surface area (Å²) in [7, 11) is 1.63. The van der Waals surface area contributed by atoms with Crippen molar-refractivity contribution in [3.8, 4) is 0 Å². The van der Waals surface area contributed by atoms with E-state index in [4.69, 9.17) is 0 Å². The third kappa shape index (κ3) is 2.91. The summed E-state index contributed by atoms with van der Waals surface area (Å²) in [6.07, 6.45) is 6.16. The third-order valence-corrected chi connectivity index (χ3v) is 5.44. The molecule has 1 aromatic heterocycles. The molecule has 1 aliphatic carbocycles. The lowest BCUT2D eigenvalue weighted by Gasteiger charge is -2.37. The first kappa shape index (κ1) is 15.5. The van der Waals surface area contributed by atoms with Crippen LogP contribution in [0.2, 0.25) is 0 Å². The number of amides is 1. The van der Waals surface area contributed by atoms with Gasteiger partial charge in [0, 0.05) is 39.1 Å². The molecule has 0 bridgehead atoms. The second-order valence-corrected chi connectivity index (χ2v) is 6.86. The molecule has 1 saturated carbocycles. The molecular formula is C15H21BrN4O2. The van der Waals surface area contributed by atoms with Gasteiger partial charge < -0.3 is 9.80 Å². The van der Waals surface area contributed by atoms with E-state index >= 15 is 0 Å². The molecule has 0 N–H and O–H groups in total. The number of hydrogen-bond donors (Lipinski definition) is 0. The van der Waals surface area contributed by atoms with Crippen molar-refractivity contribution in [2.45, 2.75) is 25.7 Å². The molecular weight excluding hydrogens is 348 g/mol. The van der Waals surface area contributed by atoms with E-state index in [0.717, 1.165) is 44.7 Å². The number of carbonyl (C=O) groups is 1. The summed E-state index contributed by atoms with van der Waals surface area (Å²) < 4.78 is 1.86. The van der Waals surface area contributed by atoms with E-state index in [1.54, 1.807) is 13.2 Å². The van der Waals surface area contributed by atoms with Crippen LogP contribution in [0.5, 0.6) is 0 Å². The molecule has 0 radical (unpaired) electrons. The smallest absolute Gasteiger partial charge is 0.282 e. The second kappa shape index (κ2) is 6.40. The number of aryl methyl sites for hydroxylation is 1.